The maximum atomic E-state index is 5.79. The molecule has 1 atom stereocenters. The molecule has 0 saturated carbocycles. The van der Waals surface area contributed by atoms with Crippen LogP contribution in [0.3, 0.4) is 0 Å². The van der Waals surface area contributed by atoms with Gasteiger partial charge in [-0.05, 0) is 50.8 Å². The van der Waals surface area contributed by atoms with Gasteiger partial charge in [0.15, 0.2) is 0 Å². The number of hydrogen-bond acceptors (Lipinski definition) is 5. The van der Waals surface area contributed by atoms with Crippen molar-refractivity contribution in [1.29, 1.82) is 0 Å². The molecule has 0 aromatic carbocycles. The molecule has 0 spiro atoms. The molecule has 1 N–H and O–H groups in total. The molecule has 4 rings (SSSR count). The Morgan fingerprint density at radius 1 is 1.45 bits per heavy atom. The van der Waals surface area contributed by atoms with Crippen LogP contribution in [0.5, 0.6) is 0 Å². The van der Waals surface area contributed by atoms with Crippen molar-refractivity contribution in [3.63, 3.8) is 0 Å². The zero-order valence-electron chi connectivity index (χ0n) is 12.3. The molecule has 0 aromatic heterocycles. The molecule has 20 heavy (non-hydrogen) atoms. The Bertz CT molecular complexity index is 377. The fourth-order valence-electron chi connectivity index (χ4n) is 3.35. The van der Waals surface area contributed by atoms with Crippen molar-refractivity contribution in [2.24, 2.45) is 11.8 Å². The molecule has 1 unspecified atom stereocenters. The molecule has 0 amide bonds. The van der Waals surface area contributed by atoms with Gasteiger partial charge in [-0.1, -0.05) is 13.3 Å². The third-order valence-corrected chi connectivity index (χ3v) is 5.25. The van der Waals surface area contributed by atoms with Gasteiger partial charge in [-0.2, -0.15) is 0 Å². The minimum Gasteiger partial charge on any atom is -0.376 e. The average Bonchev–Trinajstić information content (AvgIpc) is 2.96. The van der Waals surface area contributed by atoms with Crippen molar-refractivity contribution < 1.29 is 4.84 Å². The molecule has 4 nitrogen and oxygen atoms in total. The molecule has 112 valence electrons. The van der Waals surface area contributed by atoms with Gasteiger partial charge in [0.1, 0.15) is 18.4 Å². The lowest BCUT2D eigenvalue weighted by Gasteiger charge is -2.45. The fourth-order valence-corrected chi connectivity index (χ4v) is 4.01. The van der Waals surface area contributed by atoms with Crippen molar-refractivity contribution in [1.82, 2.24) is 14.1 Å². The molecular formula is C15H25N3OS. The molecule has 4 aliphatic rings. The minimum atomic E-state index is 0.629. The Labute approximate surface area is 126 Å². The number of nitrogens with zero attached hydrogens (tertiary/aromatic N) is 2. The summed E-state index contributed by atoms with van der Waals surface area (Å²) in [6.07, 6.45) is 12.3. The molecule has 5 heteroatoms. The number of hydroxylamine groups is 1. The Morgan fingerprint density at radius 2 is 2.30 bits per heavy atom. The summed E-state index contributed by atoms with van der Waals surface area (Å²) in [4.78, 5) is 8.38. The largest absolute Gasteiger partial charge is 0.376 e. The first-order chi connectivity index (χ1) is 9.88. The van der Waals surface area contributed by atoms with Gasteiger partial charge in [-0.3, -0.25) is 0 Å². The number of piperidine rings is 3. The third kappa shape index (κ3) is 3.09. The first-order valence-corrected chi connectivity index (χ1v) is 8.62. The Kier molecular flexibility index (Phi) is 4.78. The van der Waals surface area contributed by atoms with E-state index in [4.69, 9.17) is 4.84 Å². The Balaban J connectivity index is 1.54. The second-order valence-corrected chi connectivity index (χ2v) is 6.65. The van der Waals surface area contributed by atoms with E-state index in [0.717, 1.165) is 12.3 Å². The van der Waals surface area contributed by atoms with Crippen LogP contribution in [0, 0.1) is 11.8 Å². The molecular weight excluding hydrogens is 270 g/mol. The van der Waals surface area contributed by atoms with Crippen LogP contribution in [-0.2, 0) is 4.84 Å². The van der Waals surface area contributed by atoms with Crippen LogP contribution in [0.15, 0.2) is 24.2 Å². The lowest BCUT2D eigenvalue weighted by Crippen LogP contribution is -2.49. The molecule has 3 fully saturated rings. The maximum Gasteiger partial charge on any atom is 0.116 e. The predicted octanol–water partition coefficient (Wildman–Crippen LogP) is 3.27. The summed E-state index contributed by atoms with van der Waals surface area (Å²) in [5.74, 6) is 1.46. The van der Waals surface area contributed by atoms with Crippen molar-refractivity contribution in [2.75, 3.05) is 19.6 Å². The SMILES string of the molecule is CCCCC=CON1SNC=C1C1CN2CCC1CC2. The number of nitrogens with one attached hydrogen (secondary N) is 1. The topological polar surface area (TPSA) is 27.7 Å². The van der Waals surface area contributed by atoms with Gasteiger partial charge in [0.05, 0.1) is 5.70 Å². The van der Waals surface area contributed by atoms with Crippen LogP contribution in [0.25, 0.3) is 0 Å². The average molecular weight is 295 g/mol. The number of hydrogen-bond donors (Lipinski definition) is 1. The summed E-state index contributed by atoms with van der Waals surface area (Å²) in [7, 11) is 0. The zero-order valence-corrected chi connectivity index (χ0v) is 13.1. The summed E-state index contributed by atoms with van der Waals surface area (Å²) in [5, 5.41) is 0. The standard InChI is InChI=1S/C15H25N3OS/c1-2-3-4-5-10-19-18-15(11-16-20-18)14-12-17-8-6-13(14)7-9-17/h5,10-11,13-14,16H,2-4,6-9,12H2,1H3. The fraction of sp³-hybridized carbons (Fsp3) is 0.733. The summed E-state index contributed by atoms with van der Waals surface area (Å²) >= 11 is 1.53. The lowest BCUT2D eigenvalue weighted by molar-refractivity contribution is -0.00931. The molecule has 2 bridgehead atoms. The summed E-state index contributed by atoms with van der Waals surface area (Å²) in [5.41, 5.74) is 1.31. The van der Waals surface area contributed by atoms with Gasteiger partial charge in [-0.25, -0.2) is 0 Å². The maximum absolute atomic E-state index is 5.79. The van der Waals surface area contributed by atoms with Gasteiger partial charge in [0, 0.05) is 18.7 Å². The van der Waals surface area contributed by atoms with Crippen molar-refractivity contribution in [3.8, 4) is 0 Å². The van der Waals surface area contributed by atoms with Crippen molar-refractivity contribution in [3.05, 3.63) is 24.2 Å². The van der Waals surface area contributed by atoms with Crippen LogP contribution in [0.4, 0.5) is 0 Å². The highest BCUT2D eigenvalue weighted by Gasteiger charge is 2.39. The number of unbranched alkanes of at least 4 members (excludes halogenated alkanes) is 2. The molecule has 3 saturated heterocycles. The van der Waals surface area contributed by atoms with E-state index in [1.807, 2.05) is 10.7 Å². The zero-order chi connectivity index (χ0) is 13.8. The second kappa shape index (κ2) is 6.76. The van der Waals surface area contributed by atoms with Crippen LogP contribution in [-0.4, -0.2) is 29.0 Å². The first-order valence-electron chi connectivity index (χ1n) is 7.85. The summed E-state index contributed by atoms with van der Waals surface area (Å²) in [6, 6.07) is 0. The van der Waals surface area contributed by atoms with Crippen LogP contribution < -0.4 is 4.72 Å². The van der Waals surface area contributed by atoms with Crippen molar-refractivity contribution >= 4 is 12.1 Å². The van der Waals surface area contributed by atoms with Crippen LogP contribution in [0.2, 0.25) is 0 Å². The summed E-state index contributed by atoms with van der Waals surface area (Å²) in [6.45, 7) is 5.97. The molecule has 4 heterocycles. The van der Waals surface area contributed by atoms with Gasteiger partial charge in [-0.15, -0.1) is 4.47 Å². The van der Waals surface area contributed by atoms with E-state index >= 15 is 0 Å². The highest BCUT2D eigenvalue weighted by atomic mass is 32.2. The Morgan fingerprint density at radius 3 is 3.00 bits per heavy atom. The third-order valence-electron chi connectivity index (χ3n) is 4.57. The summed E-state index contributed by atoms with van der Waals surface area (Å²) < 4.78 is 5.19. The lowest BCUT2D eigenvalue weighted by atomic mass is 9.77. The molecule has 4 aliphatic heterocycles. The van der Waals surface area contributed by atoms with E-state index in [1.165, 1.54) is 63.1 Å². The van der Waals surface area contributed by atoms with E-state index in [1.54, 1.807) is 0 Å². The molecule has 0 aliphatic carbocycles. The monoisotopic (exact) mass is 295 g/mol. The number of allylic oxidation sites excluding steroid dienone is 1. The number of fused-ring (bicyclic) bond motifs is 3. The van der Waals surface area contributed by atoms with E-state index in [2.05, 4.69) is 28.8 Å². The number of rotatable bonds is 6. The normalized spacial score (nSPS) is 32.5. The van der Waals surface area contributed by atoms with Crippen molar-refractivity contribution in [2.45, 2.75) is 39.0 Å². The van der Waals surface area contributed by atoms with Crippen LogP contribution >= 0.6 is 12.1 Å². The van der Waals surface area contributed by atoms with Gasteiger partial charge in [0.2, 0.25) is 0 Å². The van der Waals surface area contributed by atoms with Gasteiger partial charge in [0.25, 0.3) is 0 Å². The minimum absolute atomic E-state index is 0.629. The molecule has 0 aromatic rings. The van der Waals surface area contributed by atoms with Gasteiger partial charge < -0.3 is 14.5 Å². The van der Waals surface area contributed by atoms with E-state index < -0.39 is 0 Å². The highest BCUT2D eigenvalue weighted by Crippen LogP contribution is 2.40. The second-order valence-electron chi connectivity index (χ2n) is 5.90. The van der Waals surface area contributed by atoms with E-state index in [9.17, 15) is 0 Å². The quantitative estimate of drug-likeness (QED) is 0.461. The predicted molar refractivity (Wildman–Crippen MR) is 83.1 cm³/mol. The molecule has 0 radical (unpaired) electrons. The van der Waals surface area contributed by atoms with E-state index in [-0.39, 0.29) is 0 Å². The van der Waals surface area contributed by atoms with Crippen LogP contribution in [0.1, 0.15) is 39.0 Å². The smallest absolute Gasteiger partial charge is 0.116 e. The Hall–Kier alpha value is -0.810. The van der Waals surface area contributed by atoms with E-state index in [0.29, 0.717) is 5.92 Å². The highest BCUT2D eigenvalue weighted by molar-refractivity contribution is 7.95. The first kappa shape index (κ1) is 14.1. The van der Waals surface area contributed by atoms with Gasteiger partial charge >= 0.3 is 0 Å².